The first-order chi connectivity index (χ1) is 11.3. The smallest absolute Gasteiger partial charge is 0.410 e. The number of methoxy groups -OCH3 is 1. The summed E-state index contributed by atoms with van der Waals surface area (Å²) in [5.74, 6) is -0.438. The zero-order chi connectivity index (χ0) is 17.7. The highest BCUT2D eigenvalue weighted by molar-refractivity contribution is 5.87. The maximum atomic E-state index is 12.1. The molecule has 1 aliphatic heterocycles. The Morgan fingerprint density at radius 1 is 1.17 bits per heavy atom. The van der Waals surface area contributed by atoms with Crippen LogP contribution in [0, 0.1) is 0 Å². The van der Waals surface area contributed by atoms with Crippen molar-refractivity contribution >= 4 is 12.1 Å². The Hall–Kier alpha value is -2.15. The highest BCUT2D eigenvalue weighted by Gasteiger charge is 2.26. The summed E-state index contributed by atoms with van der Waals surface area (Å²) in [7, 11) is 1.34. The zero-order valence-corrected chi connectivity index (χ0v) is 14.7. The summed E-state index contributed by atoms with van der Waals surface area (Å²) in [5.41, 5.74) is 0.637. The Kier molecular flexibility index (Phi) is 5.77. The van der Waals surface area contributed by atoms with E-state index in [0.29, 0.717) is 25.3 Å². The van der Waals surface area contributed by atoms with Crippen molar-refractivity contribution in [2.24, 2.45) is 0 Å². The van der Waals surface area contributed by atoms with E-state index >= 15 is 0 Å². The van der Waals surface area contributed by atoms with Gasteiger partial charge in [-0.15, -0.1) is 0 Å². The predicted octanol–water partition coefficient (Wildman–Crippen LogP) is 1.92. The Morgan fingerprint density at radius 2 is 1.83 bits per heavy atom. The molecule has 0 atom stereocenters. The summed E-state index contributed by atoms with van der Waals surface area (Å²) in [6.45, 7) is 8.93. The lowest BCUT2D eigenvalue weighted by molar-refractivity contribution is 0.0137. The van der Waals surface area contributed by atoms with Crippen molar-refractivity contribution in [3.63, 3.8) is 0 Å². The van der Waals surface area contributed by atoms with Crippen LogP contribution < -0.4 is 0 Å². The molecule has 1 saturated heterocycles. The van der Waals surface area contributed by atoms with Gasteiger partial charge in [0, 0.05) is 32.7 Å². The molecule has 0 aliphatic carbocycles. The van der Waals surface area contributed by atoms with Gasteiger partial charge < -0.3 is 14.4 Å². The van der Waals surface area contributed by atoms with Crippen molar-refractivity contribution in [2.75, 3.05) is 33.3 Å². The van der Waals surface area contributed by atoms with Gasteiger partial charge in [-0.25, -0.2) is 14.6 Å². The topological polar surface area (TPSA) is 72.0 Å². The lowest BCUT2D eigenvalue weighted by Gasteiger charge is -2.35. The van der Waals surface area contributed by atoms with E-state index in [1.54, 1.807) is 17.0 Å². The second-order valence-corrected chi connectivity index (χ2v) is 6.75. The second-order valence-electron chi connectivity index (χ2n) is 6.75. The minimum Gasteiger partial charge on any atom is -0.464 e. The number of aromatic nitrogens is 1. The molecular formula is C17H25N3O4. The molecule has 2 rings (SSSR count). The molecule has 2 heterocycles. The van der Waals surface area contributed by atoms with Crippen molar-refractivity contribution in [1.29, 1.82) is 0 Å². The molecular weight excluding hydrogens is 310 g/mol. The Balaban J connectivity index is 1.87. The van der Waals surface area contributed by atoms with Gasteiger partial charge in [-0.2, -0.15) is 0 Å². The fourth-order valence-corrected chi connectivity index (χ4v) is 2.43. The summed E-state index contributed by atoms with van der Waals surface area (Å²) in [5, 5.41) is 0. The second kappa shape index (κ2) is 7.61. The van der Waals surface area contributed by atoms with Gasteiger partial charge in [0.2, 0.25) is 0 Å². The van der Waals surface area contributed by atoms with Gasteiger partial charge in [-0.1, -0.05) is 6.07 Å². The number of rotatable bonds is 3. The molecule has 0 bridgehead atoms. The summed E-state index contributed by atoms with van der Waals surface area (Å²) < 4.78 is 10.1. The normalized spacial score (nSPS) is 15.9. The largest absolute Gasteiger partial charge is 0.464 e. The minimum absolute atomic E-state index is 0.270. The van der Waals surface area contributed by atoms with E-state index < -0.39 is 11.6 Å². The van der Waals surface area contributed by atoms with Crippen LogP contribution in [0.25, 0.3) is 0 Å². The third-order valence-electron chi connectivity index (χ3n) is 3.61. The first-order valence-corrected chi connectivity index (χ1v) is 8.03. The zero-order valence-electron chi connectivity index (χ0n) is 14.7. The minimum atomic E-state index is -0.480. The molecule has 0 aromatic carbocycles. The van der Waals surface area contributed by atoms with Crippen molar-refractivity contribution in [2.45, 2.75) is 32.9 Å². The molecule has 7 nitrogen and oxygen atoms in total. The van der Waals surface area contributed by atoms with Gasteiger partial charge in [0.1, 0.15) is 11.3 Å². The molecule has 1 aliphatic rings. The maximum Gasteiger partial charge on any atom is 0.410 e. The van der Waals surface area contributed by atoms with Crippen LogP contribution in [0.2, 0.25) is 0 Å². The number of nitrogens with zero attached hydrogens (tertiary/aromatic N) is 3. The van der Waals surface area contributed by atoms with E-state index in [-0.39, 0.29) is 6.09 Å². The van der Waals surface area contributed by atoms with Crippen molar-refractivity contribution in [3.05, 3.63) is 29.6 Å². The average Bonchev–Trinajstić information content (AvgIpc) is 2.53. The number of hydrogen-bond acceptors (Lipinski definition) is 6. The van der Waals surface area contributed by atoms with Crippen LogP contribution in [0.4, 0.5) is 4.79 Å². The Morgan fingerprint density at radius 3 is 2.42 bits per heavy atom. The molecule has 1 aromatic heterocycles. The molecule has 1 amide bonds. The van der Waals surface area contributed by atoms with Gasteiger partial charge >= 0.3 is 12.1 Å². The molecule has 1 aromatic rings. The number of pyridine rings is 1. The summed E-state index contributed by atoms with van der Waals surface area (Å²) >= 11 is 0. The third-order valence-corrected chi connectivity index (χ3v) is 3.61. The highest BCUT2D eigenvalue weighted by Crippen LogP contribution is 2.13. The molecule has 132 valence electrons. The van der Waals surface area contributed by atoms with E-state index in [4.69, 9.17) is 4.74 Å². The van der Waals surface area contributed by atoms with Crippen molar-refractivity contribution in [3.8, 4) is 0 Å². The SMILES string of the molecule is COC(=O)c1cccc(CN2CCN(C(=O)OC(C)(C)C)CC2)n1. The highest BCUT2D eigenvalue weighted by atomic mass is 16.6. The van der Waals surface area contributed by atoms with Crippen LogP contribution in [-0.4, -0.2) is 65.7 Å². The number of carbonyl (C=O) groups excluding carboxylic acids is 2. The number of esters is 1. The molecule has 0 radical (unpaired) electrons. The van der Waals surface area contributed by atoms with Crippen molar-refractivity contribution in [1.82, 2.24) is 14.8 Å². The number of ether oxygens (including phenoxy) is 2. The molecule has 7 heteroatoms. The van der Waals surface area contributed by atoms with E-state index in [0.717, 1.165) is 18.8 Å². The van der Waals surface area contributed by atoms with E-state index in [1.807, 2.05) is 26.8 Å². The quantitative estimate of drug-likeness (QED) is 0.786. The number of hydrogen-bond donors (Lipinski definition) is 0. The van der Waals surface area contributed by atoms with Crippen molar-refractivity contribution < 1.29 is 19.1 Å². The summed E-state index contributed by atoms with van der Waals surface area (Å²) in [6.07, 6.45) is -0.270. The fraction of sp³-hybridized carbons (Fsp3) is 0.588. The first kappa shape index (κ1) is 18.2. The van der Waals surface area contributed by atoms with Crippen LogP contribution in [0.5, 0.6) is 0 Å². The molecule has 1 fully saturated rings. The standard InChI is InChI=1S/C17H25N3O4/c1-17(2,3)24-16(22)20-10-8-19(9-11-20)12-13-6-5-7-14(18-13)15(21)23-4/h5-7H,8-12H2,1-4H3. The van der Waals surface area contributed by atoms with Gasteiger partial charge in [0.05, 0.1) is 12.8 Å². The maximum absolute atomic E-state index is 12.1. The average molecular weight is 335 g/mol. The Bertz CT molecular complexity index is 590. The van der Waals surface area contributed by atoms with E-state index in [9.17, 15) is 9.59 Å². The fourth-order valence-electron chi connectivity index (χ4n) is 2.43. The van der Waals surface area contributed by atoms with Crippen LogP contribution in [0.1, 0.15) is 37.0 Å². The molecule has 0 saturated carbocycles. The monoisotopic (exact) mass is 335 g/mol. The summed E-state index contributed by atoms with van der Waals surface area (Å²) in [6, 6.07) is 5.31. The van der Waals surface area contributed by atoms with Gasteiger partial charge in [0.25, 0.3) is 0 Å². The van der Waals surface area contributed by atoms with Crippen LogP contribution in [0.15, 0.2) is 18.2 Å². The van der Waals surface area contributed by atoms with Gasteiger partial charge in [-0.05, 0) is 32.9 Å². The Labute approximate surface area is 142 Å². The lowest BCUT2D eigenvalue weighted by Crippen LogP contribution is -2.49. The van der Waals surface area contributed by atoms with Crippen LogP contribution in [0.3, 0.4) is 0 Å². The molecule has 24 heavy (non-hydrogen) atoms. The van der Waals surface area contributed by atoms with Gasteiger partial charge in [0.15, 0.2) is 0 Å². The molecule has 0 spiro atoms. The van der Waals surface area contributed by atoms with Crippen LogP contribution in [-0.2, 0) is 16.0 Å². The predicted molar refractivity (Wildman–Crippen MR) is 88.7 cm³/mol. The lowest BCUT2D eigenvalue weighted by atomic mass is 10.2. The van der Waals surface area contributed by atoms with E-state index in [2.05, 4.69) is 14.6 Å². The summed E-state index contributed by atoms with van der Waals surface area (Å²) in [4.78, 5) is 31.8. The van der Waals surface area contributed by atoms with Crippen LogP contribution >= 0.6 is 0 Å². The number of amides is 1. The number of carbonyl (C=O) groups is 2. The number of piperazine rings is 1. The van der Waals surface area contributed by atoms with E-state index in [1.165, 1.54) is 7.11 Å². The first-order valence-electron chi connectivity index (χ1n) is 8.03. The molecule has 0 unspecified atom stereocenters. The molecule has 0 N–H and O–H groups in total. The third kappa shape index (κ3) is 5.19. The van der Waals surface area contributed by atoms with Gasteiger partial charge in [-0.3, -0.25) is 4.90 Å².